The number of benzene rings is 1. The van der Waals surface area contributed by atoms with Gasteiger partial charge >= 0.3 is 0 Å². The summed E-state index contributed by atoms with van der Waals surface area (Å²) in [5, 5.41) is 0.738. The van der Waals surface area contributed by atoms with E-state index in [0.29, 0.717) is 19.8 Å². The molecule has 21 heavy (non-hydrogen) atoms. The highest BCUT2D eigenvalue weighted by Gasteiger charge is 2.41. The molecule has 2 heterocycles. The number of hydrogen-bond donors (Lipinski definition) is 0. The summed E-state index contributed by atoms with van der Waals surface area (Å²) in [7, 11) is 0. The summed E-state index contributed by atoms with van der Waals surface area (Å²) in [5.74, 6) is 0.266. The normalized spacial score (nSPS) is 22.7. The lowest BCUT2D eigenvalue weighted by Gasteiger charge is -2.46. The van der Waals surface area contributed by atoms with Gasteiger partial charge in [-0.1, -0.05) is 38.4 Å². The maximum atomic E-state index is 12.7. The van der Waals surface area contributed by atoms with Gasteiger partial charge in [0.2, 0.25) is 5.91 Å². The molecule has 4 heteroatoms. The highest BCUT2D eigenvalue weighted by molar-refractivity contribution is 6.30. The van der Waals surface area contributed by atoms with E-state index in [2.05, 4.69) is 26.8 Å². The number of nitrogens with zero attached hydrogens (tertiary/aromatic N) is 1. The Balaban J connectivity index is 1.93. The standard InChI is InChI=1S/C17H22ClNO2/c1-17(2,3)15-7-11-4-5-14(18)6-12(11)8-19(15)16(20)13-9-21-10-13/h4-6,13,15H,7-10H2,1-3H3. The van der Waals surface area contributed by atoms with E-state index in [-0.39, 0.29) is 23.3 Å². The molecule has 114 valence electrons. The summed E-state index contributed by atoms with van der Waals surface area (Å²) < 4.78 is 5.19. The lowest BCUT2D eigenvalue weighted by Crippen LogP contribution is -2.55. The topological polar surface area (TPSA) is 29.5 Å². The zero-order chi connectivity index (χ0) is 15.2. The number of amides is 1. The minimum atomic E-state index is 0.0376. The fraction of sp³-hybridized carbons (Fsp3) is 0.588. The molecule has 0 spiro atoms. The van der Waals surface area contributed by atoms with Crippen molar-refractivity contribution in [3.63, 3.8) is 0 Å². The van der Waals surface area contributed by atoms with Gasteiger partial charge in [0, 0.05) is 17.6 Å². The highest BCUT2D eigenvalue weighted by Crippen LogP contribution is 2.36. The summed E-state index contributed by atoms with van der Waals surface area (Å²) in [5.41, 5.74) is 2.54. The van der Waals surface area contributed by atoms with Gasteiger partial charge in [-0.15, -0.1) is 0 Å². The van der Waals surface area contributed by atoms with Crippen LogP contribution in [0.2, 0.25) is 5.02 Å². The Morgan fingerprint density at radius 2 is 2.00 bits per heavy atom. The van der Waals surface area contributed by atoms with E-state index in [0.717, 1.165) is 11.4 Å². The minimum absolute atomic E-state index is 0.0376. The van der Waals surface area contributed by atoms with Crippen LogP contribution >= 0.6 is 11.6 Å². The van der Waals surface area contributed by atoms with E-state index in [1.54, 1.807) is 0 Å². The second kappa shape index (κ2) is 5.29. The van der Waals surface area contributed by atoms with Crippen molar-refractivity contribution in [1.82, 2.24) is 4.90 Å². The largest absolute Gasteiger partial charge is 0.380 e. The van der Waals surface area contributed by atoms with Crippen molar-refractivity contribution in [2.75, 3.05) is 13.2 Å². The Morgan fingerprint density at radius 1 is 1.29 bits per heavy atom. The second-order valence-electron chi connectivity index (χ2n) is 7.20. The number of ether oxygens (including phenoxy) is 1. The van der Waals surface area contributed by atoms with Crippen LogP contribution in [0.4, 0.5) is 0 Å². The van der Waals surface area contributed by atoms with E-state index in [4.69, 9.17) is 16.3 Å². The third kappa shape index (κ3) is 2.82. The Kier molecular flexibility index (Phi) is 3.74. The Bertz CT molecular complexity index is 560. The monoisotopic (exact) mass is 307 g/mol. The number of carbonyl (C=O) groups is 1. The Morgan fingerprint density at radius 3 is 2.57 bits per heavy atom. The van der Waals surface area contributed by atoms with Crippen LogP contribution in [0.3, 0.4) is 0 Å². The Labute approximate surface area is 131 Å². The van der Waals surface area contributed by atoms with Crippen molar-refractivity contribution in [2.45, 2.75) is 39.8 Å². The summed E-state index contributed by atoms with van der Waals surface area (Å²) in [4.78, 5) is 14.8. The molecule has 1 amide bonds. The molecule has 1 atom stereocenters. The van der Waals surface area contributed by atoms with Crippen molar-refractivity contribution in [1.29, 1.82) is 0 Å². The summed E-state index contributed by atoms with van der Waals surface area (Å²) in [6, 6.07) is 6.26. The zero-order valence-corrected chi connectivity index (χ0v) is 13.6. The van der Waals surface area contributed by atoms with Gasteiger partial charge in [-0.25, -0.2) is 0 Å². The number of halogens is 1. The maximum absolute atomic E-state index is 12.7. The van der Waals surface area contributed by atoms with Crippen LogP contribution in [0.15, 0.2) is 18.2 Å². The quantitative estimate of drug-likeness (QED) is 0.797. The van der Waals surface area contributed by atoms with E-state index < -0.39 is 0 Å². The van der Waals surface area contributed by atoms with Gasteiger partial charge in [0.1, 0.15) is 0 Å². The first-order valence-corrected chi connectivity index (χ1v) is 7.89. The smallest absolute Gasteiger partial charge is 0.230 e. The molecule has 0 radical (unpaired) electrons. The number of rotatable bonds is 1. The van der Waals surface area contributed by atoms with Crippen molar-refractivity contribution < 1.29 is 9.53 Å². The molecule has 1 aromatic carbocycles. The first-order valence-electron chi connectivity index (χ1n) is 7.52. The van der Waals surface area contributed by atoms with Gasteiger partial charge in [-0.05, 0) is 35.1 Å². The molecule has 0 bridgehead atoms. The summed E-state index contributed by atoms with van der Waals surface area (Å²) >= 11 is 6.11. The third-order valence-corrected chi connectivity index (χ3v) is 4.80. The van der Waals surface area contributed by atoms with Crippen LogP contribution in [-0.2, 0) is 22.5 Å². The fourth-order valence-corrected chi connectivity index (χ4v) is 3.37. The van der Waals surface area contributed by atoms with Gasteiger partial charge in [-0.3, -0.25) is 4.79 Å². The predicted molar refractivity (Wildman–Crippen MR) is 83.3 cm³/mol. The zero-order valence-electron chi connectivity index (χ0n) is 12.9. The lowest BCUT2D eigenvalue weighted by atomic mass is 9.78. The fourth-order valence-electron chi connectivity index (χ4n) is 3.17. The molecule has 1 fully saturated rings. The van der Waals surface area contributed by atoms with Crippen LogP contribution < -0.4 is 0 Å². The van der Waals surface area contributed by atoms with E-state index in [1.165, 1.54) is 11.1 Å². The molecule has 0 aromatic heterocycles. The van der Waals surface area contributed by atoms with Crippen molar-refractivity contribution >= 4 is 17.5 Å². The van der Waals surface area contributed by atoms with Crippen LogP contribution in [0.1, 0.15) is 31.9 Å². The van der Waals surface area contributed by atoms with Gasteiger partial charge in [-0.2, -0.15) is 0 Å². The Hall–Kier alpha value is -1.06. The molecule has 3 rings (SSSR count). The summed E-state index contributed by atoms with van der Waals surface area (Å²) in [6.45, 7) is 8.40. The van der Waals surface area contributed by atoms with Crippen LogP contribution in [-0.4, -0.2) is 30.1 Å². The average molecular weight is 308 g/mol. The van der Waals surface area contributed by atoms with E-state index in [1.807, 2.05) is 17.0 Å². The number of hydrogen-bond acceptors (Lipinski definition) is 2. The SMILES string of the molecule is CC(C)(C)C1Cc2ccc(Cl)cc2CN1C(=O)C1COC1. The minimum Gasteiger partial charge on any atom is -0.380 e. The van der Waals surface area contributed by atoms with Gasteiger partial charge < -0.3 is 9.64 Å². The number of carbonyl (C=O) groups excluding carboxylic acids is 1. The molecule has 3 nitrogen and oxygen atoms in total. The molecule has 1 aromatic rings. The van der Waals surface area contributed by atoms with Crippen LogP contribution in [0.25, 0.3) is 0 Å². The highest BCUT2D eigenvalue weighted by atomic mass is 35.5. The van der Waals surface area contributed by atoms with Gasteiger partial charge in [0.25, 0.3) is 0 Å². The molecule has 0 N–H and O–H groups in total. The predicted octanol–water partition coefficient (Wildman–Crippen LogP) is 3.29. The average Bonchev–Trinajstić information content (AvgIpc) is 2.33. The first-order chi connectivity index (χ1) is 9.86. The van der Waals surface area contributed by atoms with Gasteiger partial charge in [0.05, 0.1) is 19.1 Å². The molecule has 1 saturated heterocycles. The molecular formula is C17H22ClNO2. The third-order valence-electron chi connectivity index (χ3n) is 4.57. The number of fused-ring (bicyclic) bond motifs is 1. The molecular weight excluding hydrogens is 286 g/mol. The van der Waals surface area contributed by atoms with Gasteiger partial charge in [0.15, 0.2) is 0 Å². The van der Waals surface area contributed by atoms with Crippen LogP contribution in [0.5, 0.6) is 0 Å². The molecule has 2 aliphatic heterocycles. The van der Waals surface area contributed by atoms with E-state index in [9.17, 15) is 4.79 Å². The van der Waals surface area contributed by atoms with Crippen molar-refractivity contribution in [2.24, 2.45) is 11.3 Å². The molecule has 1 unspecified atom stereocenters. The first kappa shape index (κ1) is 14.9. The maximum Gasteiger partial charge on any atom is 0.230 e. The summed E-state index contributed by atoms with van der Waals surface area (Å²) in [6.07, 6.45) is 0.898. The molecule has 2 aliphatic rings. The second-order valence-corrected chi connectivity index (χ2v) is 7.64. The molecule has 0 saturated carbocycles. The lowest BCUT2D eigenvalue weighted by molar-refractivity contribution is -0.156. The van der Waals surface area contributed by atoms with Crippen molar-refractivity contribution in [3.05, 3.63) is 34.3 Å². The van der Waals surface area contributed by atoms with E-state index >= 15 is 0 Å². The van der Waals surface area contributed by atoms with Crippen molar-refractivity contribution in [3.8, 4) is 0 Å². The van der Waals surface area contributed by atoms with Crippen LogP contribution in [0, 0.1) is 11.3 Å². The molecule has 0 aliphatic carbocycles.